The average molecular weight is 237 g/mol. The van der Waals surface area contributed by atoms with Crippen LogP contribution in [0.4, 0.5) is 5.69 Å². The van der Waals surface area contributed by atoms with Gasteiger partial charge in [-0.15, -0.1) is 11.3 Å². The number of amides is 2. The van der Waals surface area contributed by atoms with Crippen molar-refractivity contribution in [2.45, 2.75) is 6.92 Å². The Morgan fingerprint density at radius 3 is 2.62 bits per heavy atom. The zero-order valence-electron chi connectivity index (χ0n) is 8.26. The van der Waals surface area contributed by atoms with Gasteiger partial charge in [0.25, 0.3) is 11.8 Å². The number of rotatable bonds is 2. The first kappa shape index (κ1) is 10.6. The highest BCUT2D eigenvalue weighted by Gasteiger charge is 2.33. The highest BCUT2D eigenvalue weighted by molar-refractivity contribution is 7.12. The van der Waals surface area contributed by atoms with Gasteiger partial charge in [-0.2, -0.15) is 0 Å². The van der Waals surface area contributed by atoms with Gasteiger partial charge in [-0.1, -0.05) is 0 Å². The van der Waals surface area contributed by atoms with Crippen molar-refractivity contribution in [1.29, 1.82) is 0 Å². The lowest BCUT2D eigenvalue weighted by Gasteiger charge is -2.13. The Morgan fingerprint density at radius 1 is 1.44 bits per heavy atom. The normalized spacial score (nSPS) is 15.6. The molecular formula is C10H7NO4S. The number of nitrogens with zero attached hydrogens (tertiary/aromatic N) is 1. The van der Waals surface area contributed by atoms with Crippen LogP contribution in [0.25, 0.3) is 0 Å². The molecule has 0 unspecified atom stereocenters. The third-order valence-corrected chi connectivity index (χ3v) is 3.07. The van der Waals surface area contributed by atoms with Gasteiger partial charge >= 0.3 is 5.97 Å². The summed E-state index contributed by atoms with van der Waals surface area (Å²) in [5.74, 6) is -2.11. The van der Waals surface area contributed by atoms with Crippen LogP contribution in [-0.2, 0) is 9.59 Å². The Kier molecular flexibility index (Phi) is 2.35. The van der Waals surface area contributed by atoms with Crippen LogP contribution in [-0.4, -0.2) is 22.9 Å². The van der Waals surface area contributed by atoms with Gasteiger partial charge in [0.15, 0.2) is 0 Å². The molecule has 2 heterocycles. The first-order valence-electron chi connectivity index (χ1n) is 4.40. The van der Waals surface area contributed by atoms with Gasteiger partial charge < -0.3 is 5.11 Å². The number of hydrogen-bond acceptors (Lipinski definition) is 4. The van der Waals surface area contributed by atoms with E-state index in [1.807, 2.05) is 0 Å². The maximum atomic E-state index is 11.6. The summed E-state index contributed by atoms with van der Waals surface area (Å²) in [6.07, 6.45) is 1.20. The summed E-state index contributed by atoms with van der Waals surface area (Å²) in [5.41, 5.74) is 0.452. The van der Waals surface area contributed by atoms with E-state index in [4.69, 9.17) is 5.11 Å². The summed E-state index contributed by atoms with van der Waals surface area (Å²) in [5, 5.41) is 10.4. The molecule has 5 nitrogen and oxygen atoms in total. The van der Waals surface area contributed by atoms with Crippen LogP contribution in [0.5, 0.6) is 0 Å². The van der Waals surface area contributed by atoms with Crippen molar-refractivity contribution in [2.24, 2.45) is 0 Å². The van der Waals surface area contributed by atoms with Crippen molar-refractivity contribution in [1.82, 2.24) is 0 Å². The van der Waals surface area contributed by atoms with Crippen LogP contribution in [0.15, 0.2) is 23.1 Å². The minimum absolute atomic E-state index is 0.00944. The molecule has 0 spiro atoms. The molecule has 0 radical (unpaired) electrons. The van der Waals surface area contributed by atoms with Crippen molar-refractivity contribution in [3.8, 4) is 0 Å². The number of thiophene rings is 1. The summed E-state index contributed by atoms with van der Waals surface area (Å²) in [6, 6.07) is 1.45. The SMILES string of the molecule is CC1=CC(=O)N(c2ccsc2C(=O)O)C1=O. The fourth-order valence-corrected chi connectivity index (χ4v) is 2.17. The van der Waals surface area contributed by atoms with Gasteiger partial charge in [0.05, 0.1) is 5.69 Å². The van der Waals surface area contributed by atoms with E-state index >= 15 is 0 Å². The van der Waals surface area contributed by atoms with Gasteiger partial charge in [0, 0.05) is 11.6 Å². The molecule has 1 aromatic rings. The Morgan fingerprint density at radius 2 is 2.12 bits per heavy atom. The minimum atomic E-state index is -1.14. The molecule has 0 bridgehead atoms. The van der Waals surface area contributed by atoms with E-state index in [-0.39, 0.29) is 10.6 Å². The molecule has 16 heavy (non-hydrogen) atoms. The number of aromatic carboxylic acids is 1. The van der Waals surface area contributed by atoms with Crippen LogP contribution >= 0.6 is 11.3 Å². The summed E-state index contributed by atoms with van der Waals surface area (Å²) in [6.45, 7) is 1.52. The molecule has 2 rings (SSSR count). The largest absolute Gasteiger partial charge is 0.477 e. The van der Waals surface area contributed by atoms with Gasteiger partial charge in [0.1, 0.15) is 4.88 Å². The van der Waals surface area contributed by atoms with Gasteiger partial charge in [0.2, 0.25) is 0 Å². The zero-order chi connectivity index (χ0) is 11.9. The smallest absolute Gasteiger partial charge is 0.348 e. The summed E-state index contributed by atoms with van der Waals surface area (Å²) >= 11 is 0.981. The summed E-state index contributed by atoms with van der Waals surface area (Å²) < 4.78 is 0. The van der Waals surface area contributed by atoms with E-state index in [0.29, 0.717) is 5.57 Å². The standard InChI is InChI=1S/C10H7NO4S/c1-5-4-7(12)11(9(5)13)6-2-3-16-8(6)10(14)15/h2-4H,1H3,(H,14,15). The van der Waals surface area contributed by atoms with Crippen LogP contribution in [0, 0.1) is 0 Å². The lowest BCUT2D eigenvalue weighted by molar-refractivity contribution is -0.120. The number of hydrogen-bond donors (Lipinski definition) is 1. The molecule has 1 N–H and O–H groups in total. The van der Waals surface area contributed by atoms with E-state index in [2.05, 4.69) is 0 Å². The van der Waals surface area contributed by atoms with E-state index in [1.165, 1.54) is 24.4 Å². The molecule has 0 aromatic carbocycles. The molecule has 0 aliphatic carbocycles. The van der Waals surface area contributed by atoms with Crippen molar-refractivity contribution >= 4 is 34.8 Å². The first-order valence-corrected chi connectivity index (χ1v) is 5.28. The molecule has 0 saturated carbocycles. The third-order valence-electron chi connectivity index (χ3n) is 2.18. The van der Waals surface area contributed by atoms with E-state index in [9.17, 15) is 14.4 Å². The predicted octanol–water partition coefficient (Wildman–Crippen LogP) is 1.27. The lowest BCUT2D eigenvalue weighted by atomic mass is 10.3. The van der Waals surface area contributed by atoms with Crippen molar-refractivity contribution < 1.29 is 19.5 Å². The fraction of sp³-hybridized carbons (Fsp3) is 0.100. The Hall–Kier alpha value is -1.95. The zero-order valence-corrected chi connectivity index (χ0v) is 9.08. The highest BCUT2D eigenvalue weighted by Crippen LogP contribution is 2.30. The lowest BCUT2D eigenvalue weighted by Crippen LogP contribution is -2.31. The van der Waals surface area contributed by atoms with Crippen LogP contribution in [0.1, 0.15) is 16.6 Å². The highest BCUT2D eigenvalue weighted by atomic mass is 32.1. The Balaban J connectivity index is 2.47. The van der Waals surface area contributed by atoms with E-state index in [1.54, 1.807) is 0 Å². The quantitative estimate of drug-likeness (QED) is 0.786. The van der Waals surface area contributed by atoms with Crippen molar-refractivity contribution in [3.63, 3.8) is 0 Å². The number of carboxylic acids is 1. The molecule has 0 fully saturated rings. The number of carbonyl (C=O) groups excluding carboxylic acids is 2. The monoisotopic (exact) mass is 237 g/mol. The van der Waals surface area contributed by atoms with Crippen molar-refractivity contribution in [3.05, 3.63) is 28.0 Å². The molecule has 0 saturated heterocycles. The second kappa shape index (κ2) is 3.57. The molecule has 82 valence electrons. The van der Waals surface area contributed by atoms with Crippen LogP contribution in [0.3, 0.4) is 0 Å². The minimum Gasteiger partial charge on any atom is -0.477 e. The second-order valence-electron chi connectivity index (χ2n) is 3.25. The number of carbonyl (C=O) groups is 3. The second-order valence-corrected chi connectivity index (χ2v) is 4.16. The summed E-state index contributed by atoms with van der Waals surface area (Å²) in [4.78, 5) is 34.9. The predicted molar refractivity (Wildman–Crippen MR) is 57.5 cm³/mol. The number of anilines is 1. The molecular weight excluding hydrogens is 230 g/mol. The average Bonchev–Trinajstić information content (AvgIpc) is 2.73. The Bertz CT molecular complexity index is 529. The molecule has 2 amide bonds. The first-order chi connectivity index (χ1) is 7.52. The third kappa shape index (κ3) is 1.43. The van der Waals surface area contributed by atoms with Gasteiger partial charge in [-0.3, -0.25) is 9.59 Å². The van der Waals surface area contributed by atoms with Crippen LogP contribution < -0.4 is 4.90 Å². The molecule has 1 aliphatic heterocycles. The van der Waals surface area contributed by atoms with Crippen molar-refractivity contribution in [2.75, 3.05) is 4.90 Å². The molecule has 1 aromatic heterocycles. The maximum absolute atomic E-state index is 11.6. The Labute approximate surface area is 94.6 Å². The van der Waals surface area contributed by atoms with E-state index in [0.717, 1.165) is 16.2 Å². The van der Waals surface area contributed by atoms with E-state index < -0.39 is 17.8 Å². The molecule has 6 heteroatoms. The molecule has 0 atom stereocenters. The summed E-state index contributed by atoms with van der Waals surface area (Å²) in [7, 11) is 0. The van der Waals surface area contributed by atoms with Crippen LogP contribution in [0.2, 0.25) is 0 Å². The number of carboxylic acid groups (broad SMARTS) is 1. The number of imide groups is 1. The maximum Gasteiger partial charge on any atom is 0.348 e. The van der Waals surface area contributed by atoms with Gasteiger partial charge in [-0.25, -0.2) is 9.69 Å². The van der Waals surface area contributed by atoms with Gasteiger partial charge in [-0.05, 0) is 18.4 Å². The molecule has 1 aliphatic rings. The fourth-order valence-electron chi connectivity index (χ4n) is 1.45. The topological polar surface area (TPSA) is 74.7 Å².